The number of benzene rings is 1. The molecule has 0 amide bonds. The van der Waals surface area contributed by atoms with Crippen LogP contribution in [0.2, 0.25) is 0 Å². The number of hydrogen-bond acceptors (Lipinski definition) is 7. The molecule has 0 radical (unpaired) electrons. The average Bonchev–Trinajstić information content (AvgIpc) is 2.47. The fraction of sp³-hybridized carbons (Fsp3) is 0. The zero-order valence-corrected chi connectivity index (χ0v) is 10.7. The number of hydrogen-bond donors (Lipinski definition) is 1. The Morgan fingerprint density at radius 1 is 1.18 bits per heavy atom. The minimum absolute atomic E-state index is 0.167. The van der Waals surface area contributed by atoms with E-state index in [-0.39, 0.29) is 11.3 Å². The molecule has 0 unspecified atom stereocenters. The van der Waals surface area contributed by atoms with Gasteiger partial charge in [-0.3, -0.25) is 20.2 Å². The monoisotopic (exact) mass is 305 g/mol. The zero-order chi connectivity index (χ0) is 16.3. The Morgan fingerprint density at radius 2 is 1.86 bits per heavy atom. The maximum absolute atomic E-state index is 11.1. The molecule has 10 heteroatoms. The maximum atomic E-state index is 11.1. The van der Waals surface area contributed by atoms with E-state index in [1.807, 2.05) is 0 Å². The molecule has 2 aromatic rings. The van der Waals surface area contributed by atoms with Crippen LogP contribution in [0.1, 0.15) is 10.4 Å². The highest BCUT2D eigenvalue weighted by Crippen LogP contribution is 2.33. The number of ether oxygens (including phenoxy) is 1. The summed E-state index contributed by atoms with van der Waals surface area (Å²) in [6.07, 6.45) is 0.783. The van der Waals surface area contributed by atoms with Gasteiger partial charge in [0.05, 0.1) is 9.85 Å². The highest BCUT2D eigenvalue weighted by Gasteiger charge is 2.24. The minimum Gasteiger partial charge on any atom is -0.478 e. The SMILES string of the molecule is O=C(O)c1ccccc1Oc1ncc([N+](=O)[O-])cc1[N+](=O)[O-]. The summed E-state index contributed by atoms with van der Waals surface area (Å²) in [5.41, 5.74) is -1.54. The topological polar surface area (TPSA) is 146 Å². The van der Waals surface area contributed by atoms with Gasteiger partial charge in [-0.2, -0.15) is 0 Å². The van der Waals surface area contributed by atoms with Crippen LogP contribution in [-0.2, 0) is 0 Å². The number of carboxylic acids is 1. The van der Waals surface area contributed by atoms with Crippen LogP contribution in [-0.4, -0.2) is 25.9 Å². The van der Waals surface area contributed by atoms with Gasteiger partial charge in [0, 0.05) is 0 Å². The molecule has 0 saturated heterocycles. The van der Waals surface area contributed by atoms with Crippen LogP contribution >= 0.6 is 0 Å². The first-order valence-corrected chi connectivity index (χ1v) is 5.69. The highest BCUT2D eigenvalue weighted by atomic mass is 16.6. The lowest BCUT2D eigenvalue weighted by Crippen LogP contribution is -2.02. The second-order valence-electron chi connectivity index (χ2n) is 3.94. The molecule has 2 rings (SSSR count). The Balaban J connectivity index is 2.48. The Labute approximate surface area is 121 Å². The van der Waals surface area contributed by atoms with Gasteiger partial charge in [-0.05, 0) is 12.1 Å². The van der Waals surface area contributed by atoms with Crippen molar-refractivity contribution in [2.24, 2.45) is 0 Å². The lowest BCUT2D eigenvalue weighted by atomic mass is 10.2. The van der Waals surface area contributed by atoms with Gasteiger partial charge in [0.25, 0.3) is 11.6 Å². The molecule has 1 aromatic heterocycles. The second-order valence-corrected chi connectivity index (χ2v) is 3.94. The minimum atomic E-state index is -1.29. The molecule has 10 nitrogen and oxygen atoms in total. The summed E-state index contributed by atoms with van der Waals surface area (Å²) in [7, 11) is 0. The summed E-state index contributed by atoms with van der Waals surface area (Å²) < 4.78 is 5.14. The summed E-state index contributed by atoms with van der Waals surface area (Å²) in [5, 5.41) is 30.6. The number of aromatic carboxylic acids is 1. The van der Waals surface area contributed by atoms with E-state index in [1.54, 1.807) is 0 Å². The number of para-hydroxylation sites is 1. The van der Waals surface area contributed by atoms with Gasteiger partial charge in [0.2, 0.25) is 0 Å². The van der Waals surface area contributed by atoms with Crippen molar-refractivity contribution >= 4 is 17.3 Å². The maximum Gasteiger partial charge on any atom is 0.339 e. The van der Waals surface area contributed by atoms with Crippen LogP contribution in [0.25, 0.3) is 0 Å². The van der Waals surface area contributed by atoms with Gasteiger partial charge in [-0.25, -0.2) is 9.78 Å². The van der Waals surface area contributed by atoms with Crippen molar-refractivity contribution in [3.05, 3.63) is 62.3 Å². The smallest absolute Gasteiger partial charge is 0.339 e. The first-order chi connectivity index (χ1) is 10.4. The van der Waals surface area contributed by atoms with Gasteiger partial charge in [-0.15, -0.1) is 0 Å². The largest absolute Gasteiger partial charge is 0.478 e. The number of nitrogens with zero attached hydrogens (tertiary/aromatic N) is 3. The first kappa shape index (κ1) is 14.8. The molecule has 1 N–H and O–H groups in total. The van der Waals surface area contributed by atoms with Crippen LogP contribution in [0.3, 0.4) is 0 Å². The normalized spacial score (nSPS) is 10.0. The molecule has 0 bridgehead atoms. The van der Waals surface area contributed by atoms with E-state index in [2.05, 4.69) is 4.98 Å². The van der Waals surface area contributed by atoms with Gasteiger partial charge < -0.3 is 9.84 Å². The van der Waals surface area contributed by atoms with E-state index in [0.717, 1.165) is 6.20 Å². The summed E-state index contributed by atoms with van der Waals surface area (Å²) >= 11 is 0. The number of nitro groups is 2. The summed E-state index contributed by atoms with van der Waals surface area (Å²) in [5.74, 6) is -2.00. The molecule has 112 valence electrons. The summed E-state index contributed by atoms with van der Waals surface area (Å²) in [6.45, 7) is 0. The van der Waals surface area contributed by atoms with Crippen LogP contribution in [0.4, 0.5) is 11.4 Å². The molecule has 1 aromatic carbocycles. The van der Waals surface area contributed by atoms with E-state index < -0.39 is 33.1 Å². The Bertz CT molecular complexity index is 775. The van der Waals surface area contributed by atoms with Crippen molar-refractivity contribution in [3.8, 4) is 11.6 Å². The fourth-order valence-electron chi connectivity index (χ4n) is 1.58. The van der Waals surface area contributed by atoms with Crippen LogP contribution in [0, 0.1) is 20.2 Å². The van der Waals surface area contributed by atoms with E-state index >= 15 is 0 Å². The molecule has 1 heterocycles. The standard InChI is InChI=1S/C12H7N3O7/c16-12(17)8-3-1-2-4-10(8)22-11-9(15(20)21)5-7(6-13-11)14(18)19/h1-6H,(H,16,17). The number of rotatable bonds is 5. The molecule has 0 atom stereocenters. The van der Waals surface area contributed by atoms with Crippen molar-refractivity contribution in [2.75, 3.05) is 0 Å². The second kappa shape index (κ2) is 5.83. The third kappa shape index (κ3) is 2.95. The molecule has 0 spiro atoms. The van der Waals surface area contributed by atoms with Crippen LogP contribution in [0.5, 0.6) is 11.6 Å². The number of pyridine rings is 1. The third-order valence-electron chi connectivity index (χ3n) is 2.55. The van der Waals surface area contributed by atoms with Crippen molar-refractivity contribution < 1.29 is 24.5 Å². The molecular weight excluding hydrogens is 298 g/mol. The Morgan fingerprint density at radius 3 is 2.45 bits per heavy atom. The van der Waals surface area contributed by atoms with E-state index in [1.165, 1.54) is 24.3 Å². The van der Waals surface area contributed by atoms with Gasteiger partial charge in [0.15, 0.2) is 0 Å². The van der Waals surface area contributed by atoms with Crippen LogP contribution < -0.4 is 4.74 Å². The quantitative estimate of drug-likeness (QED) is 0.654. The third-order valence-corrected chi connectivity index (χ3v) is 2.55. The van der Waals surface area contributed by atoms with E-state index in [0.29, 0.717) is 6.07 Å². The summed E-state index contributed by atoms with van der Waals surface area (Å²) in [6, 6.07) is 6.14. The molecule has 0 fully saturated rings. The summed E-state index contributed by atoms with van der Waals surface area (Å²) in [4.78, 5) is 34.4. The van der Waals surface area contributed by atoms with Crippen molar-refractivity contribution in [1.29, 1.82) is 0 Å². The Kier molecular flexibility index (Phi) is 3.93. The van der Waals surface area contributed by atoms with E-state index in [4.69, 9.17) is 9.84 Å². The predicted molar refractivity (Wildman–Crippen MR) is 71.0 cm³/mol. The lowest BCUT2D eigenvalue weighted by Gasteiger charge is -2.07. The molecular formula is C12H7N3O7. The number of carbonyl (C=O) groups is 1. The van der Waals surface area contributed by atoms with Gasteiger partial charge in [0.1, 0.15) is 23.6 Å². The molecule has 0 aliphatic heterocycles. The Hall–Kier alpha value is -3.56. The molecule has 0 aliphatic carbocycles. The fourth-order valence-corrected chi connectivity index (χ4v) is 1.58. The molecule has 0 aliphatic rings. The van der Waals surface area contributed by atoms with Crippen LogP contribution in [0.15, 0.2) is 36.5 Å². The lowest BCUT2D eigenvalue weighted by molar-refractivity contribution is -0.395. The first-order valence-electron chi connectivity index (χ1n) is 5.69. The predicted octanol–water partition coefficient (Wildman–Crippen LogP) is 2.39. The van der Waals surface area contributed by atoms with Crippen molar-refractivity contribution in [1.82, 2.24) is 4.98 Å². The van der Waals surface area contributed by atoms with Gasteiger partial charge in [-0.1, -0.05) is 12.1 Å². The van der Waals surface area contributed by atoms with Crippen molar-refractivity contribution in [2.45, 2.75) is 0 Å². The van der Waals surface area contributed by atoms with Gasteiger partial charge >= 0.3 is 11.7 Å². The average molecular weight is 305 g/mol. The number of aromatic nitrogens is 1. The van der Waals surface area contributed by atoms with Crippen molar-refractivity contribution in [3.63, 3.8) is 0 Å². The van der Waals surface area contributed by atoms with E-state index in [9.17, 15) is 25.0 Å². The molecule has 22 heavy (non-hydrogen) atoms. The molecule has 0 saturated carbocycles. The number of carboxylic acid groups (broad SMARTS) is 1. The highest BCUT2D eigenvalue weighted by molar-refractivity contribution is 5.90. The zero-order valence-electron chi connectivity index (χ0n) is 10.7.